The SMILES string of the molecule is C=C(C)[C@@H]1CC[C@]2(C(=O)N3CCC[C@H]3c3ncc(-c4ccccc4)[nH]3)CC[C@]3(C)[C@H](CC[C@@H]4[C@@]5(C)CC[C@H](OC(=O)c6ccc(OC(C)(C)C(=O)O)cc6)C(C)(C)[C@@H]5CC[C@]43C)[C@@H]12. The number of aliphatic carboxylic acids is 1. The number of carbonyl (C=O) groups is 3. The molecule has 2 N–H and O–H groups in total. The van der Waals surface area contributed by atoms with Crippen LogP contribution in [0.25, 0.3) is 11.3 Å². The number of likely N-dealkylation sites (tertiary alicyclic amines) is 1. The first-order valence-corrected chi connectivity index (χ1v) is 24.1. The third-order valence-corrected chi connectivity index (χ3v) is 19.2. The van der Waals surface area contributed by atoms with Crippen LogP contribution in [-0.4, -0.2) is 56.1 Å². The lowest BCUT2D eigenvalue weighted by molar-refractivity contribution is -0.247. The van der Waals surface area contributed by atoms with Crippen molar-refractivity contribution in [2.45, 2.75) is 150 Å². The first-order chi connectivity index (χ1) is 29.8. The Labute approximate surface area is 375 Å². The fourth-order valence-electron chi connectivity index (χ4n) is 15.7. The van der Waals surface area contributed by atoms with Crippen LogP contribution in [0, 0.1) is 56.7 Å². The average Bonchev–Trinajstić information content (AvgIpc) is 4.02. The molecule has 9 heteroatoms. The van der Waals surface area contributed by atoms with Gasteiger partial charge in [-0.25, -0.2) is 14.6 Å². The van der Waals surface area contributed by atoms with Gasteiger partial charge in [-0.1, -0.05) is 77.1 Å². The van der Waals surface area contributed by atoms with E-state index in [-0.39, 0.29) is 51.1 Å². The minimum atomic E-state index is -1.38. The maximum absolute atomic E-state index is 15.6. The summed E-state index contributed by atoms with van der Waals surface area (Å²) in [5, 5.41) is 9.49. The zero-order chi connectivity index (χ0) is 44.9. The Kier molecular flexibility index (Phi) is 10.7. The number of carbonyl (C=O) groups excluding carboxylic acids is 2. The van der Waals surface area contributed by atoms with Crippen molar-refractivity contribution in [1.29, 1.82) is 0 Å². The average molecular weight is 858 g/mol. The molecule has 338 valence electrons. The quantitative estimate of drug-likeness (QED) is 0.162. The van der Waals surface area contributed by atoms with Crippen LogP contribution >= 0.6 is 0 Å². The van der Waals surface area contributed by atoms with E-state index in [0.717, 1.165) is 94.3 Å². The molecule has 9 rings (SSSR count). The van der Waals surface area contributed by atoms with Crippen molar-refractivity contribution in [2.24, 2.45) is 56.7 Å². The number of fused-ring (bicyclic) bond motifs is 7. The van der Waals surface area contributed by atoms with E-state index in [1.165, 1.54) is 25.8 Å². The standard InChI is InChI=1S/C54H71N3O6/c1-33(2)37-23-28-54(47(59)57-31-13-16-40(57)45-55-32-39(56-45)34-14-11-10-12-15-34)30-29-52(8)38(44(37)54)21-22-42-51(7)26-25-43(49(3,4)41(51)24-27-53(42,52)9)62-46(58)35-17-19-36(20-18-35)63-50(5,6)48(60)61/h10-12,14-15,17-20,32,37-38,40-44H,1,13,16,21-31H2,2-9H3,(H,55,56)(H,60,61)/t37-,38+,40-,41-,42+,43-,44+,51-,52+,53+,54-/m0/s1. The number of nitrogens with zero attached hydrogens (tertiary/aromatic N) is 2. The maximum atomic E-state index is 15.6. The lowest BCUT2D eigenvalue weighted by Crippen LogP contribution is -2.67. The van der Waals surface area contributed by atoms with Crippen molar-refractivity contribution in [1.82, 2.24) is 14.9 Å². The molecule has 63 heavy (non-hydrogen) atoms. The highest BCUT2D eigenvalue weighted by Crippen LogP contribution is 2.78. The molecule has 2 heterocycles. The highest BCUT2D eigenvalue weighted by molar-refractivity contribution is 5.89. The van der Waals surface area contributed by atoms with Crippen LogP contribution in [0.2, 0.25) is 0 Å². The van der Waals surface area contributed by atoms with Crippen molar-refractivity contribution >= 4 is 17.8 Å². The van der Waals surface area contributed by atoms with Gasteiger partial charge in [-0.2, -0.15) is 0 Å². The van der Waals surface area contributed by atoms with Crippen molar-refractivity contribution in [3.05, 3.63) is 84.3 Å². The third kappa shape index (κ3) is 6.73. The second-order valence-corrected chi connectivity index (χ2v) is 22.7. The zero-order valence-corrected chi connectivity index (χ0v) is 39.1. The summed E-state index contributed by atoms with van der Waals surface area (Å²) in [5.41, 5.74) is 2.14. The van der Waals surface area contributed by atoms with Gasteiger partial charge < -0.3 is 24.5 Å². The zero-order valence-electron chi connectivity index (χ0n) is 39.1. The van der Waals surface area contributed by atoms with Crippen molar-refractivity contribution < 1.29 is 29.0 Å². The minimum Gasteiger partial charge on any atom is -0.478 e. The first kappa shape index (κ1) is 43.8. The Hall–Kier alpha value is -4.40. The first-order valence-electron chi connectivity index (χ1n) is 24.1. The predicted octanol–water partition coefficient (Wildman–Crippen LogP) is 11.9. The summed E-state index contributed by atoms with van der Waals surface area (Å²) in [4.78, 5) is 51.6. The molecule has 5 aliphatic carbocycles. The molecule has 0 unspecified atom stereocenters. The summed E-state index contributed by atoms with van der Waals surface area (Å²) < 4.78 is 12.1. The Morgan fingerprint density at radius 2 is 1.57 bits per heavy atom. The van der Waals surface area contributed by atoms with Gasteiger partial charge in [-0.05, 0) is 173 Å². The molecule has 1 amide bonds. The number of amides is 1. The Bertz CT molecular complexity index is 2260. The van der Waals surface area contributed by atoms with Gasteiger partial charge in [0.2, 0.25) is 5.91 Å². The Morgan fingerprint density at radius 1 is 0.841 bits per heavy atom. The van der Waals surface area contributed by atoms with Crippen LogP contribution in [0.5, 0.6) is 5.75 Å². The molecule has 3 aromatic rings. The van der Waals surface area contributed by atoms with Gasteiger partial charge in [-0.3, -0.25) is 4.79 Å². The predicted molar refractivity (Wildman–Crippen MR) is 245 cm³/mol. The molecule has 2 aromatic carbocycles. The number of carboxylic acids is 1. The van der Waals surface area contributed by atoms with Crippen LogP contribution in [0.15, 0.2) is 72.9 Å². The van der Waals surface area contributed by atoms with E-state index < -0.39 is 11.6 Å². The minimum absolute atomic E-state index is 0.0263. The van der Waals surface area contributed by atoms with Gasteiger partial charge in [0, 0.05) is 12.0 Å². The summed E-state index contributed by atoms with van der Waals surface area (Å²) >= 11 is 0. The molecule has 1 aliphatic heterocycles. The second-order valence-electron chi connectivity index (χ2n) is 22.7. The normalized spacial score (nSPS) is 36.9. The van der Waals surface area contributed by atoms with Gasteiger partial charge in [0.25, 0.3) is 0 Å². The molecule has 11 atom stereocenters. The van der Waals surface area contributed by atoms with Crippen LogP contribution in [0.1, 0.15) is 155 Å². The number of rotatable bonds is 9. The van der Waals surface area contributed by atoms with E-state index in [4.69, 9.17) is 14.5 Å². The number of benzene rings is 2. The van der Waals surface area contributed by atoms with Gasteiger partial charge in [0.05, 0.1) is 28.9 Å². The number of hydrogen-bond donors (Lipinski definition) is 2. The van der Waals surface area contributed by atoms with Gasteiger partial charge in [0.1, 0.15) is 17.7 Å². The maximum Gasteiger partial charge on any atom is 0.347 e. The van der Waals surface area contributed by atoms with E-state index in [2.05, 4.69) is 82.3 Å². The second kappa shape index (κ2) is 15.4. The highest BCUT2D eigenvalue weighted by atomic mass is 16.5. The number of imidazole rings is 1. The molecule has 0 radical (unpaired) electrons. The van der Waals surface area contributed by atoms with E-state index in [9.17, 15) is 14.7 Å². The molecular weight excluding hydrogens is 787 g/mol. The van der Waals surface area contributed by atoms with Crippen molar-refractivity contribution in [3.63, 3.8) is 0 Å². The fraction of sp³-hybridized carbons (Fsp3) is 0.630. The number of carboxylic acid groups (broad SMARTS) is 1. The van der Waals surface area contributed by atoms with Crippen molar-refractivity contribution in [3.8, 4) is 17.0 Å². The number of hydrogen-bond acceptors (Lipinski definition) is 6. The summed E-state index contributed by atoms with van der Waals surface area (Å²) in [6, 6.07) is 16.9. The molecule has 6 aliphatic rings. The number of aromatic amines is 1. The van der Waals surface area contributed by atoms with Crippen LogP contribution in [0.4, 0.5) is 0 Å². The topological polar surface area (TPSA) is 122 Å². The van der Waals surface area contributed by atoms with Crippen LogP contribution < -0.4 is 4.74 Å². The monoisotopic (exact) mass is 858 g/mol. The van der Waals surface area contributed by atoms with Gasteiger partial charge >= 0.3 is 11.9 Å². The Balaban J connectivity index is 0.942. The molecule has 0 spiro atoms. The number of nitrogens with one attached hydrogen (secondary N) is 1. The number of allylic oxidation sites excluding steroid dienone is 1. The number of aromatic nitrogens is 2. The number of ether oxygens (including phenoxy) is 2. The molecule has 6 fully saturated rings. The van der Waals surface area contributed by atoms with Crippen molar-refractivity contribution in [2.75, 3.05) is 6.54 Å². The third-order valence-electron chi connectivity index (χ3n) is 19.2. The smallest absolute Gasteiger partial charge is 0.347 e. The molecule has 1 aromatic heterocycles. The molecule has 0 bridgehead atoms. The molecule has 5 saturated carbocycles. The van der Waals surface area contributed by atoms with E-state index >= 15 is 4.79 Å². The highest BCUT2D eigenvalue weighted by Gasteiger charge is 2.72. The molecule has 1 saturated heterocycles. The number of H-pyrrole nitrogens is 1. The fourth-order valence-corrected chi connectivity index (χ4v) is 15.7. The summed E-state index contributed by atoms with van der Waals surface area (Å²) in [7, 11) is 0. The van der Waals surface area contributed by atoms with Gasteiger partial charge in [0.15, 0.2) is 5.60 Å². The van der Waals surface area contributed by atoms with Crippen LogP contribution in [-0.2, 0) is 14.3 Å². The summed E-state index contributed by atoms with van der Waals surface area (Å²) in [6.45, 7) is 23.2. The van der Waals surface area contributed by atoms with E-state index in [1.54, 1.807) is 24.3 Å². The van der Waals surface area contributed by atoms with E-state index in [1.807, 2.05) is 12.3 Å². The summed E-state index contributed by atoms with van der Waals surface area (Å²) in [6.07, 6.45) is 14.1. The van der Waals surface area contributed by atoms with Gasteiger partial charge in [-0.15, -0.1) is 0 Å². The summed E-state index contributed by atoms with van der Waals surface area (Å²) in [5.74, 6) is 2.31. The molecular formula is C54H71N3O6. The van der Waals surface area contributed by atoms with Crippen LogP contribution in [0.3, 0.4) is 0 Å². The lowest BCUT2D eigenvalue weighted by atomic mass is 9.32. The number of esters is 1. The lowest BCUT2D eigenvalue weighted by Gasteiger charge is -2.73. The van der Waals surface area contributed by atoms with E-state index in [0.29, 0.717) is 40.9 Å². The Morgan fingerprint density at radius 3 is 2.27 bits per heavy atom. The largest absolute Gasteiger partial charge is 0.478 e. The molecule has 9 nitrogen and oxygen atoms in total.